The van der Waals surface area contributed by atoms with Gasteiger partial charge in [-0.3, -0.25) is 10.1 Å². The second kappa shape index (κ2) is 9.32. The van der Waals surface area contributed by atoms with E-state index in [9.17, 15) is 9.59 Å². The van der Waals surface area contributed by atoms with Crippen LogP contribution in [0.15, 0.2) is 54.6 Å². The molecule has 0 aliphatic rings. The van der Waals surface area contributed by atoms with Gasteiger partial charge in [0.25, 0.3) is 0 Å². The van der Waals surface area contributed by atoms with Crippen LogP contribution in [0, 0.1) is 0 Å². The van der Waals surface area contributed by atoms with Crippen LogP contribution in [-0.2, 0) is 22.6 Å². The van der Waals surface area contributed by atoms with Crippen molar-refractivity contribution in [2.45, 2.75) is 13.0 Å². The number of benzene rings is 2. The minimum atomic E-state index is -0.521. The Bertz CT molecular complexity index is 657. The van der Waals surface area contributed by atoms with Gasteiger partial charge in [0.15, 0.2) is 0 Å². The highest BCUT2D eigenvalue weighted by atomic mass is 16.5. The summed E-state index contributed by atoms with van der Waals surface area (Å²) < 4.78 is 5.15. The number of ether oxygens (including phenoxy) is 1. The van der Waals surface area contributed by atoms with Crippen molar-refractivity contribution in [3.05, 3.63) is 65.7 Å². The van der Waals surface area contributed by atoms with Gasteiger partial charge in [0, 0.05) is 18.8 Å². The van der Waals surface area contributed by atoms with Crippen molar-refractivity contribution >= 4 is 17.7 Å². The number of amides is 2. The van der Waals surface area contributed by atoms with E-state index in [0.29, 0.717) is 18.8 Å². The second-order valence-electron chi connectivity index (χ2n) is 5.20. The third-order valence-corrected chi connectivity index (χ3v) is 3.24. The molecule has 0 heterocycles. The lowest BCUT2D eigenvalue weighted by Gasteiger charge is -2.08. The van der Waals surface area contributed by atoms with Gasteiger partial charge in [-0.15, -0.1) is 0 Å². The SMILES string of the molecule is NCCNC(=O)Cc1ccc(NC(=O)OCc2ccccc2)cc1. The molecule has 0 bridgehead atoms. The summed E-state index contributed by atoms with van der Waals surface area (Å²) >= 11 is 0. The van der Waals surface area contributed by atoms with E-state index in [1.165, 1.54) is 0 Å². The maximum Gasteiger partial charge on any atom is 0.411 e. The van der Waals surface area contributed by atoms with E-state index in [-0.39, 0.29) is 18.9 Å². The van der Waals surface area contributed by atoms with Crippen LogP contribution in [0.2, 0.25) is 0 Å². The smallest absolute Gasteiger partial charge is 0.411 e. The van der Waals surface area contributed by atoms with Gasteiger partial charge in [-0.25, -0.2) is 4.79 Å². The molecule has 0 aliphatic carbocycles. The molecule has 6 nitrogen and oxygen atoms in total. The highest BCUT2D eigenvalue weighted by Gasteiger charge is 2.05. The largest absolute Gasteiger partial charge is 0.444 e. The predicted molar refractivity (Wildman–Crippen MR) is 92.5 cm³/mol. The van der Waals surface area contributed by atoms with Crippen LogP contribution < -0.4 is 16.4 Å². The van der Waals surface area contributed by atoms with Gasteiger partial charge in [0.05, 0.1) is 6.42 Å². The van der Waals surface area contributed by atoms with Gasteiger partial charge in [-0.2, -0.15) is 0 Å². The molecule has 2 amide bonds. The highest BCUT2D eigenvalue weighted by Crippen LogP contribution is 2.11. The van der Waals surface area contributed by atoms with Crippen LogP contribution in [0.5, 0.6) is 0 Å². The number of carbonyl (C=O) groups excluding carboxylic acids is 2. The molecule has 0 spiro atoms. The second-order valence-corrected chi connectivity index (χ2v) is 5.20. The van der Waals surface area contributed by atoms with Gasteiger partial charge in [0.1, 0.15) is 6.61 Å². The number of hydrogen-bond acceptors (Lipinski definition) is 4. The van der Waals surface area contributed by atoms with E-state index in [1.807, 2.05) is 30.3 Å². The molecule has 2 rings (SSSR count). The van der Waals surface area contributed by atoms with Crippen LogP contribution in [0.25, 0.3) is 0 Å². The molecule has 0 aliphatic heterocycles. The Balaban J connectivity index is 1.78. The zero-order valence-electron chi connectivity index (χ0n) is 13.3. The molecule has 24 heavy (non-hydrogen) atoms. The Kier molecular flexibility index (Phi) is 6.79. The van der Waals surface area contributed by atoms with Gasteiger partial charge in [-0.05, 0) is 23.3 Å². The van der Waals surface area contributed by atoms with Crippen molar-refractivity contribution in [3.8, 4) is 0 Å². The number of anilines is 1. The molecular weight excluding hydrogens is 306 g/mol. The van der Waals surface area contributed by atoms with E-state index < -0.39 is 6.09 Å². The lowest BCUT2D eigenvalue weighted by molar-refractivity contribution is -0.120. The fourth-order valence-corrected chi connectivity index (χ4v) is 2.04. The Labute approximate surface area is 141 Å². The van der Waals surface area contributed by atoms with Gasteiger partial charge >= 0.3 is 6.09 Å². The molecule has 0 fully saturated rings. The summed E-state index contributed by atoms with van der Waals surface area (Å²) in [7, 11) is 0. The molecule has 0 aromatic heterocycles. The summed E-state index contributed by atoms with van der Waals surface area (Å²) in [6.45, 7) is 1.09. The van der Waals surface area contributed by atoms with E-state index in [2.05, 4.69) is 10.6 Å². The molecule has 126 valence electrons. The molecule has 0 saturated carbocycles. The minimum Gasteiger partial charge on any atom is -0.444 e. The summed E-state index contributed by atoms with van der Waals surface area (Å²) in [5, 5.41) is 5.36. The molecule has 2 aromatic rings. The van der Waals surface area contributed by atoms with Crippen molar-refractivity contribution in [3.63, 3.8) is 0 Å². The topological polar surface area (TPSA) is 93.5 Å². The predicted octanol–water partition coefficient (Wildman–Crippen LogP) is 2.05. The van der Waals surface area contributed by atoms with Crippen molar-refractivity contribution in [2.24, 2.45) is 5.73 Å². The first-order chi connectivity index (χ1) is 11.7. The van der Waals surface area contributed by atoms with E-state index in [0.717, 1.165) is 11.1 Å². The average molecular weight is 327 g/mol. The van der Waals surface area contributed by atoms with E-state index >= 15 is 0 Å². The van der Waals surface area contributed by atoms with E-state index in [4.69, 9.17) is 10.5 Å². The van der Waals surface area contributed by atoms with Crippen molar-refractivity contribution in [1.29, 1.82) is 0 Å². The fourth-order valence-electron chi connectivity index (χ4n) is 2.04. The molecular formula is C18H21N3O3. The summed E-state index contributed by atoms with van der Waals surface area (Å²) in [6.07, 6.45) is -0.245. The Morgan fingerprint density at radius 3 is 2.33 bits per heavy atom. The molecule has 0 unspecified atom stereocenters. The highest BCUT2D eigenvalue weighted by molar-refractivity contribution is 5.84. The number of carbonyl (C=O) groups is 2. The quantitative estimate of drug-likeness (QED) is 0.725. The van der Waals surface area contributed by atoms with Gasteiger partial charge in [-0.1, -0.05) is 42.5 Å². The van der Waals surface area contributed by atoms with Gasteiger partial charge < -0.3 is 15.8 Å². The third kappa shape index (κ3) is 6.10. The summed E-state index contributed by atoms with van der Waals surface area (Å²) in [6, 6.07) is 16.5. The number of hydrogen-bond donors (Lipinski definition) is 3. The Hall–Kier alpha value is -2.86. The molecule has 0 radical (unpaired) electrons. The molecule has 4 N–H and O–H groups in total. The number of rotatable bonds is 7. The molecule has 2 aromatic carbocycles. The lowest BCUT2D eigenvalue weighted by atomic mass is 10.1. The Morgan fingerprint density at radius 2 is 1.67 bits per heavy atom. The summed E-state index contributed by atoms with van der Waals surface area (Å²) in [5.41, 5.74) is 7.72. The maximum absolute atomic E-state index is 11.8. The zero-order chi connectivity index (χ0) is 17.2. The first kappa shape index (κ1) is 17.5. The Morgan fingerprint density at radius 1 is 0.958 bits per heavy atom. The van der Waals surface area contributed by atoms with E-state index in [1.54, 1.807) is 24.3 Å². The van der Waals surface area contributed by atoms with Crippen molar-refractivity contribution in [1.82, 2.24) is 5.32 Å². The van der Waals surface area contributed by atoms with Crippen LogP contribution in [0.3, 0.4) is 0 Å². The van der Waals surface area contributed by atoms with Gasteiger partial charge in [0.2, 0.25) is 5.91 Å². The van der Waals surface area contributed by atoms with Crippen molar-refractivity contribution < 1.29 is 14.3 Å². The maximum atomic E-state index is 11.8. The number of nitrogens with one attached hydrogen (secondary N) is 2. The van der Waals surface area contributed by atoms with Crippen molar-refractivity contribution in [2.75, 3.05) is 18.4 Å². The van der Waals surface area contributed by atoms with Crippen LogP contribution in [0.1, 0.15) is 11.1 Å². The number of nitrogens with two attached hydrogens (primary N) is 1. The lowest BCUT2D eigenvalue weighted by Crippen LogP contribution is -2.30. The molecule has 6 heteroatoms. The first-order valence-corrected chi connectivity index (χ1v) is 7.71. The minimum absolute atomic E-state index is 0.0802. The third-order valence-electron chi connectivity index (χ3n) is 3.24. The van der Waals surface area contributed by atoms with Crippen LogP contribution in [0.4, 0.5) is 10.5 Å². The summed E-state index contributed by atoms with van der Waals surface area (Å²) in [4.78, 5) is 23.4. The first-order valence-electron chi connectivity index (χ1n) is 7.71. The monoisotopic (exact) mass is 327 g/mol. The zero-order valence-corrected chi connectivity index (χ0v) is 13.3. The average Bonchev–Trinajstić information content (AvgIpc) is 2.61. The van der Waals surface area contributed by atoms with Crippen LogP contribution in [-0.4, -0.2) is 25.1 Å². The summed E-state index contributed by atoms with van der Waals surface area (Å²) in [5.74, 6) is -0.0802. The molecule has 0 saturated heterocycles. The normalized spacial score (nSPS) is 10.0. The van der Waals surface area contributed by atoms with Crippen LogP contribution >= 0.6 is 0 Å². The fraction of sp³-hybridized carbons (Fsp3) is 0.222. The standard InChI is InChI=1S/C18H21N3O3/c19-10-11-20-17(22)12-14-6-8-16(9-7-14)21-18(23)24-13-15-4-2-1-3-5-15/h1-9H,10-13,19H2,(H,20,22)(H,21,23). The molecule has 0 atom stereocenters.